The zero-order chi connectivity index (χ0) is 21.5. The lowest BCUT2D eigenvalue weighted by Gasteiger charge is -2.14. The molecule has 0 unspecified atom stereocenters. The molecule has 3 rings (SSSR count). The maximum absolute atomic E-state index is 12.0. The van der Waals surface area contributed by atoms with Crippen LogP contribution in [0.1, 0.15) is 21.5 Å². The third-order valence-electron chi connectivity index (χ3n) is 3.96. The van der Waals surface area contributed by atoms with E-state index in [1.807, 2.05) is 0 Å². The molecule has 0 radical (unpaired) electrons. The Hall–Kier alpha value is -2.80. The van der Waals surface area contributed by atoms with Crippen molar-refractivity contribution in [1.29, 1.82) is 0 Å². The standard InChI is InChI=1S/C21H16Cl3N3O3/c1-29-19-9-13(11-26-27-21(28)14-4-6-25-7-5-14)8-18(24)20(19)30-12-15-2-3-16(22)10-17(15)23/h2-11H,12H2,1H3,(H,27,28)/b26-11+. The number of hydrazone groups is 1. The number of nitrogens with zero attached hydrogens (tertiary/aromatic N) is 2. The molecule has 6 nitrogen and oxygen atoms in total. The third kappa shape index (κ3) is 5.63. The van der Waals surface area contributed by atoms with Gasteiger partial charge in [-0.25, -0.2) is 5.43 Å². The fraction of sp³-hybridized carbons (Fsp3) is 0.0952. The van der Waals surface area contributed by atoms with E-state index in [0.717, 1.165) is 5.56 Å². The Morgan fingerprint density at radius 2 is 1.87 bits per heavy atom. The topological polar surface area (TPSA) is 72.8 Å². The van der Waals surface area contributed by atoms with Gasteiger partial charge in [0.15, 0.2) is 11.5 Å². The molecule has 0 atom stereocenters. The maximum Gasteiger partial charge on any atom is 0.271 e. The summed E-state index contributed by atoms with van der Waals surface area (Å²) in [6.07, 6.45) is 4.51. The SMILES string of the molecule is COc1cc(/C=N/NC(=O)c2ccncc2)cc(Cl)c1OCc1ccc(Cl)cc1Cl. The lowest BCUT2D eigenvalue weighted by Crippen LogP contribution is -2.17. The van der Waals surface area contributed by atoms with E-state index in [4.69, 9.17) is 44.3 Å². The summed E-state index contributed by atoms with van der Waals surface area (Å²) in [7, 11) is 1.50. The highest BCUT2D eigenvalue weighted by molar-refractivity contribution is 6.35. The molecule has 2 aromatic carbocycles. The molecule has 0 saturated carbocycles. The zero-order valence-electron chi connectivity index (χ0n) is 15.7. The zero-order valence-corrected chi connectivity index (χ0v) is 18.0. The second kappa shape index (κ2) is 10.3. The summed E-state index contributed by atoms with van der Waals surface area (Å²) in [5, 5.41) is 5.30. The molecule has 30 heavy (non-hydrogen) atoms. The second-order valence-electron chi connectivity index (χ2n) is 5.99. The maximum atomic E-state index is 12.0. The van der Waals surface area contributed by atoms with Gasteiger partial charge in [-0.2, -0.15) is 5.10 Å². The van der Waals surface area contributed by atoms with Gasteiger partial charge in [-0.05, 0) is 42.0 Å². The molecular formula is C21H16Cl3N3O3. The average molecular weight is 465 g/mol. The van der Waals surface area contributed by atoms with E-state index in [2.05, 4.69) is 15.5 Å². The number of benzene rings is 2. The molecule has 0 fully saturated rings. The smallest absolute Gasteiger partial charge is 0.271 e. The summed E-state index contributed by atoms with van der Waals surface area (Å²) in [5.41, 5.74) is 4.25. The first-order valence-electron chi connectivity index (χ1n) is 8.65. The number of halogens is 3. The average Bonchev–Trinajstić information content (AvgIpc) is 2.74. The number of nitrogens with one attached hydrogen (secondary N) is 1. The van der Waals surface area contributed by atoms with Gasteiger partial charge < -0.3 is 9.47 Å². The van der Waals surface area contributed by atoms with Gasteiger partial charge in [-0.3, -0.25) is 9.78 Å². The molecule has 3 aromatic rings. The number of hydrogen-bond donors (Lipinski definition) is 1. The second-order valence-corrected chi connectivity index (χ2v) is 7.24. The first kappa shape index (κ1) is 21.9. The van der Waals surface area contributed by atoms with Gasteiger partial charge in [0, 0.05) is 33.6 Å². The Morgan fingerprint density at radius 3 is 2.57 bits per heavy atom. The van der Waals surface area contributed by atoms with Gasteiger partial charge in [-0.1, -0.05) is 40.9 Å². The number of ether oxygens (including phenoxy) is 2. The van der Waals surface area contributed by atoms with Gasteiger partial charge in [0.05, 0.1) is 18.3 Å². The summed E-state index contributed by atoms with van der Waals surface area (Å²) >= 11 is 18.5. The molecule has 0 saturated heterocycles. The molecule has 1 N–H and O–H groups in total. The predicted molar refractivity (Wildman–Crippen MR) is 118 cm³/mol. The monoisotopic (exact) mass is 463 g/mol. The van der Waals surface area contributed by atoms with Gasteiger partial charge in [0.2, 0.25) is 0 Å². The first-order chi connectivity index (χ1) is 14.5. The highest BCUT2D eigenvalue weighted by atomic mass is 35.5. The van der Waals surface area contributed by atoms with Crippen molar-refractivity contribution in [1.82, 2.24) is 10.4 Å². The van der Waals surface area contributed by atoms with E-state index in [9.17, 15) is 4.79 Å². The van der Waals surface area contributed by atoms with Crippen molar-refractivity contribution >= 4 is 46.9 Å². The minimum Gasteiger partial charge on any atom is -0.493 e. The summed E-state index contributed by atoms with van der Waals surface area (Å²) in [5.74, 6) is 0.421. The van der Waals surface area contributed by atoms with E-state index >= 15 is 0 Å². The summed E-state index contributed by atoms with van der Waals surface area (Å²) in [6.45, 7) is 0.182. The van der Waals surface area contributed by atoms with Crippen LogP contribution in [0.5, 0.6) is 11.5 Å². The van der Waals surface area contributed by atoms with Gasteiger partial charge >= 0.3 is 0 Å². The summed E-state index contributed by atoms with van der Waals surface area (Å²) in [4.78, 5) is 15.9. The lowest BCUT2D eigenvalue weighted by molar-refractivity contribution is 0.0955. The van der Waals surface area contributed by atoms with Crippen molar-refractivity contribution in [2.75, 3.05) is 7.11 Å². The molecular weight excluding hydrogens is 449 g/mol. The third-order valence-corrected chi connectivity index (χ3v) is 4.83. The van der Waals surface area contributed by atoms with Crippen LogP contribution in [-0.2, 0) is 6.61 Å². The van der Waals surface area contributed by atoms with Crippen LogP contribution in [0.2, 0.25) is 15.1 Å². The fourth-order valence-corrected chi connectivity index (χ4v) is 3.21. The van der Waals surface area contributed by atoms with Crippen LogP contribution in [-0.4, -0.2) is 24.2 Å². The molecule has 0 aliphatic heterocycles. The molecule has 154 valence electrons. The van der Waals surface area contributed by atoms with Crippen molar-refractivity contribution in [2.45, 2.75) is 6.61 Å². The molecule has 1 heterocycles. The molecule has 0 aliphatic carbocycles. The van der Waals surface area contributed by atoms with Crippen LogP contribution in [0.4, 0.5) is 0 Å². The quantitative estimate of drug-likeness (QED) is 0.376. The van der Waals surface area contributed by atoms with Gasteiger partial charge in [0.1, 0.15) is 6.61 Å². The fourth-order valence-electron chi connectivity index (χ4n) is 2.48. The van der Waals surface area contributed by atoms with E-state index in [-0.39, 0.29) is 12.5 Å². The van der Waals surface area contributed by atoms with Crippen molar-refractivity contribution in [3.8, 4) is 11.5 Å². The number of pyridine rings is 1. The Morgan fingerprint density at radius 1 is 1.10 bits per heavy atom. The lowest BCUT2D eigenvalue weighted by atomic mass is 10.2. The Bertz CT molecular complexity index is 1080. The molecule has 0 aliphatic rings. The van der Waals surface area contributed by atoms with Crippen molar-refractivity contribution < 1.29 is 14.3 Å². The van der Waals surface area contributed by atoms with Crippen LogP contribution in [0.25, 0.3) is 0 Å². The van der Waals surface area contributed by atoms with Crippen LogP contribution in [0.3, 0.4) is 0 Å². The van der Waals surface area contributed by atoms with Crippen LogP contribution in [0, 0.1) is 0 Å². The van der Waals surface area contributed by atoms with Crippen LogP contribution >= 0.6 is 34.8 Å². The Labute approximate surface area is 188 Å². The number of carbonyl (C=O) groups is 1. The minimum atomic E-state index is -0.355. The largest absolute Gasteiger partial charge is 0.493 e. The normalized spacial score (nSPS) is 10.8. The first-order valence-corrected chi connectivity index (χ1v) is 9.79. The molecule has 0 spiro atoms. The van der Waals surface area contributed by atoms with Gasteiger partial charge in [-0.15, -0.1) is 0 Å². The van der Waals surface area contributed by atoms with Crippen LogP contribution < -0.4 is 14.9 Å². The predicted octanol–water partition coefficient (Wildman–Crippen LogP) is 5.39. The van der Waals surface area contributed by atoms with E-state index in [1.54, 1.807) is 42.5 Å². The summed E-state index contributed by atoms with van der Waals surface area (Å²) in [6, 6.07) is 11.6. The number of hydrogen-bond acceptors (Lipinski definition) is 5. The number of amides is 1. The van der Waals surface area contributed by atoms with E-state index < -0.39 is 0 Å². The number of carbonyl (C=O) groups excluding carboxylic acids is 1. The minimum absolute atomic E-state index is 0.182. The number of rotatable bonds is 7. The van der Waals surface area contributed by atoms with Crippen LogP contribution in [0.15, 0.2) is 60.0 Å². The highest BCUT2D eigenvalue weighted by Gasteiger charge is 2.13. The molecule has 9 heteroatoms. The van der Waals surface area contributed by atoms with Gasteiger partial charge in [0.25, 0.3) is 5.91 Å². The number of aromatic nitrogens is 1. The van der Waals surface area contributed by atoms with Crippen molar-refractivity contribution in [3.63, 3.8) is 0 Å². The molecule has 1 aromatic heterocycles. The van der Waals surface area contributed by atoms with E-state index in [1.165, 1.54) is 25.7 Å². The summed E-state index contributed by atoms with van der Waals surface area (Å²) < 4.78 is 11.2. The highest BCUT2D eigenvalue weighted by Crippen LogP contribution is 2.37. The Kier molecular flexibility index (Phi) is 7.52. The molecule has 1 amide bonds. The Balaban J connectivity index is 1.71. The molecule has 0 bridgehead atoms. The number of methoxy groups -OCH3 is 1. The van der Waals surface area contributed by atoms with E-state index in [0.29, 0.717) is 37.7 Å². The van der Waals surface area contributed by atoms with Crippen molar-refractivity contribution in [3.05, 3.63) is 86.6 Å². The van der Waals surface area contributed by atoms with Crippen molar-refractivity contribution in [2.24, 2.45) is 5.10 Å².